The van der Waals surface area contributed by atoms with Crippen molar-refractivity contribution in [3.63, 3.8) is 0 Å². The SMILES string of the molecule is CCNCCc1cn(Cc2ccccc2Br)cn1. The normalized spacial score (nSPS) is 10.8. The predicted molar refractivity (Wildman–Crippen MR) is 77.7 cm³/mol. The Bertz CT molecular complexity index is 493. The number of rotatable bonds is 6. The van der Waals surface area contributed by atoms with Crippen molar-refractivity contribution < 1.29 is 0 Å². The fourth-order valence-corrected chi connectivity index (χ4v) is 2.25. The van der Waals surface area contributed by atoms with Crippen molar-refractivity contribution in [3.8, 4) is 0 Å². The lowest BCUT2D eigenvalue weighted by Crippen LogP contribution is -2.16. The summed E-state index contributed by atoms with van der Waals surface area (Å²) in [5.74, 6) is 0. The van der Waals surface area contributed by atoms with Crippen LogP contribution in [0.1, 0.15) is 18.2 Å². The number of nitrogens with zero attached hydrogens (tertiary/aromatic N) is 2. The monoisotopic (exact) mass is 307 g/mol. The summed E-state index contributed by atoms with van der Waals surface area (Å²) in [6.07, 6.45) is 5.01. The third-order valence-electron chi connectivity index (χ3n) is 2.81. The van der Waals surface area contributed by atoms with E-state index in [2.05, 4.69) is 62.1 Å². The Morgan fingerprint density at radius 1 is 1.33 bits per heavy atom. The van der Waals surface area contributed by atoms with Gasteiger partial charge in [0.05, 0.1) is 12.0 Å². The molecule has 0 aliphatic heterocycles. The molecule has 0 aliphatic carbocycles. The van der Waals surface area contributed by atoms with E-state index in [0.29, 0.717) is 0 Å². The highest BCUT2D eigenvalue weighted by Crippen LogP contribution is 2.17. The number of hydrogen-bond acceptors (Lipinski definition) is 2. The standard InChI is InChI=1S/C14H18BrN3/c1-2-16-8-7-13-10-18(11-17-13)9-12-5-3-4-6-14(12)15/h3-6,10-11,16H,2,7-9H2,1H3. The topological polar surface area (TPSA) is 29.9 Å². The Morgan fingerprint density at radius 2 is 2.17 bits per heavy atom. The summed E-state index contributed by atoms with van der Waals surface area (Å²) >= 11 is 3.57. The molecular weight excluding hydrogens is 290 g/mol. The van der Waals surface area contributed by atoms with Gasteiger partial charge in [0.25, 0.3) is 0 Å². The molecule has 1 aromatic carbocycles. The van der Waals surface area contributed by atoms with Gasteiger partial charge in [-0.05, 0) is 18.2 Å². The van der Waals surface area contributed by atoms with E-state index < -0.39 is 0 Å². The number of nitrogens with one attached hydrogen (secondary N) is 1. The Hall–Kier alpha value is -1.13. The number of halogens is 1. The Kier molecular flexibility index (Phi) is 4.96. The summed E-state index contributed by atoms with van der Waals surface area (Å²) < 4.78 is 3.27. The van der Waals surface area contributed by atoms with Crippen molar-refractivity contribution in [2.75, 3.05) is 13.1 Å². The van der Waals surface area contributed by atoms with Gasteiger partial charge in [0.15, 0.2) is 0 Å². The van der Waals surface area contributed by atoms with E-state index in [1.165, 1.54) is 5.56 Å². The van der Waals surface area contributed by atoms with E-state index in [4.69, 9.17) is 0 Å². The van der Waals surface area contributed by atoms with Crippen molar-refractivity contribution in [1.29, 1.82) is 0 Å². The molecule has 0 spiro atoms. The first-order valence-electron chi connectivity index (χ1n) is 6.24. The fraction of sp³-hybridized carbons (Fsp3) is 0.357. The minimum atomic E-state index is 0.857. The quantitative estimate of drug-likeness (QED) is 0.832. The minimum absolute atomic E-state index is 0.857. The first-order chi connectivity index (χ1) is 8.79. The number of likely N-dealkylation sites (N-methyl/N-ethyl adjacent to an activating group) is 1. The first kappa shape index (κ1) is 13.3. The maximum absolute atomic E-state index is 4.42. The van der Waals surface area contributed by atoms with Crippen LogP contribution in [0.2, 0.25) is 0 Å². The van der Waals surface area contributed by atoms with Gasteiger partial charge in [0.2, 0.25) is 0 Å². The third-order valence-corrected chi connectivity index (χ3v) is 3.58. The molecule has 2 rings (SSSR count). The Labute approximate surface area is 116 Å². The molecule has 0 atom stereocenters. The molecule has 0 saturated carbocycles. The molecule has 1 N–H and O–H groups in total. The highest BCUT2D eigenvalue weighted by atomic mass is 79.9. The summed E-state index contributed by atoms with van der Waals surface area (Å²) in [7, 11) is 0. The summed E-state index contributed by atoms with van der Waals surface area (Å²) in [5, 5.41) is 3.31. The number of aromatic nitrogens is 2. The molecule has 0 bridgehead atoms. The van der Waals surface area contributed by atoms with Crippen LogP contribution in [0.15, 0.2) is 41.3 Å². The average molecular weight is 308 g/mol. The van der Waals surface area contributed by atoms with Gasteiger partial charge in [-0.3, -0.25) is 0 Å². The number of imidazole rings is 1. The van der Waals surface area contributed by atoms with Gasteiger partial charge in [0.1, 0.15) is 0 Å². The molecule has 0 amide bonds. The van der Waals surface area contributed by atoms with Crippen LogP contribution in [0.5, 0.6) is 0 Å². The highest BCUT2D eigenvalue weighted by molar-refractivity contribution is 9.10. The molecule has 3 nitrogen and oxygen atoms in total. The van der Waals surface area contributed by atoms with Gasteiger partial charge in [-0.15, -0.1) is 0 Å². The van der Waals surface area contributed by atoms with E-state index in [0.717, 1.165) is 36.2 Å². The van der Waals surface area contributed by atoms with Gasteiger partial charge < -0.3 is 9.88 Å². The van der Waals surface area contributed by atoms with Gasteiger partial charge in [-0.25, -0.2) is 4.98 Å². The molecule has 0 fully saturated rings. The molecule has 0 radical (unpaired) electrons. The lowest BCUT2D eigenvalue weighted by Gasteiger charge is -2.04. The predicted octanol–water partition coefficient (Wildman–Crippen LogP) is 2.85. The fourth-order valence-electron chi connectivity index (χ4n) is 1.84. The number of hydrogen-bond donors (Lipinski definition) is 1. The Morgan fingerprint density at radius 3 is 2.94 bits per heavy atom. The van der Waals surface area contributed by atoms with Crippen molar-refractivity contribution in [3.05, 3.63) is 52.5 Å². The average Bonchev–Trinajstić information content (AvgIpc) is 2.80. The van der Waals surface area contributed by atoms with Crippen LogP contribution < -0.4 is 5.32 Å². The summed E-state index contributed by atoms with van der Waals surface area (Å²) in [6, 6.07) is 8.28. The largest absolute Gasteiger partial charge is 0.333 e. The van der Waals surface area contributed by atoms with Crippen LogP contribution in [-0.4, -0.2) is 22.6 Å². The van der Waals surface area contributed by atoms with E-state index in [9.17, 15) is 0 Å². The highest BCUT2D eigenvalue weighted by Gasteiger charge is 2.02. The smallest absolute Gasteiger partial charge is 0.0952 e. The third kappa shape index (κ3) is 3.68. The zero-order chi connectivity index (χ0) is 12.8. The van der Waals surface area contributed by atoms with E-state index in [-0.39, 0.29) is 0 Å². The summed E-state index contributed by atoms with van der Waals surface area (Å²) in [4.78, 5) is 4.42. The summed E-state index contributed by atoms with van der Waals surface area (Å²) in [5.41, 5.74) is 2.41. The van der Waals surface area contributed by atoms with Gasteiger partial charge >= 0.3 is 0 Å². The molecule has 0 saturated heterocycles. The minimum Gasteiger partial charge on any atom is -0.333 e. The summed E-state index contributed by atoms with van der Waals surface area (Å²) in [6.45, 7) is 4.97. The van der Waals surface area contributed by atoms with Crippen LogP contribution in [0.3, 0.4) is 0 Å². The van der Waals surface area contributed by atoms with Gasteiger partial charge in [0, 0.05) is 30.2 Å². The maximum atomic E-state index is 4.42. The van der Waals surface area contributed by atoms with E-state index in [1.807, 2.05) is 12.4 Å². The molecule has 0 unspecified atom stereocenters. The second kappa shape index (κ2) is 6.71. The molecule has 2 aromatic rings. The molecule has 1 aromatic heterocycles. The van der Waals surface area contributed by atoms with Crippen molar-refractivity contribution in [2.24, 2.45) is 0 Å². The molecule has 96 valence electrons. The van der Waals surface area contributed by atoms with E-state index in [1.54, 1.807) is 0 Å². The molecule has 1 heterocycles. The molecule has 4 heteroatoms. The van der Waals surface area contributed by atoms with Crippen molar-refractivity contribution in [2.45, 2.75) is 19.9 Å². The number of benzene rings is 1. The van der Waals surface area contributed by atoms with Crippen molar-refractivity contribution >= 4 is 15.9 Å². The first-order valence-corrected chi connectivity index (χ1v) is 7.03. The van der Waals surface area contributed by atoms with Crippen LogP contribution in [0.4, 0.5) is 0 Å². The van der Waals surface area contributed by atoms with Crippen LogP contribution in [-0.2, 0) is 13.0 Å². The maximum Gasteiger partial charge on any atom is 0.0952 e. The molecule has 0 aliphatic rings. The zero-order valence-corrected chi connectivity index (χ0v) is 12.2. The van der Waals surface area contributed by atoms with Crippen LogP contribution in [0, 0.1) is 0 Å². The second-order valence-electron chi connectivity index (χ2n) is 4.23. The van der Waals surface area contributed by atoms with Gasteiger partial charge in [-0.2, -0.15) is 0 Å². The Balaban J connectivity index is 1.96. The molecular formula is C14H18BrN3. The van der Waals surface area contributed by atoms with Crippen LogP contribution in [0.25, 0.3) is 0 Å². The lowest BCUT2D eigenvalue weighted by atomic mass is 10.2. The van der Waals surface area contributed by atoms with Crippen LogP contribution >= 0.6 is 15.9 Å². The van der Waals surface area contributed by atoms with Crippen molar-refractivity contribution in [1.82, 2.24) is 14.9 Å². The van der Waals surface area contributed by atoms with Gasteiger partial charge in [-0.1, -0.05) is 41.1 Å². The second-order valence-corrected chi connectivity index (χ2v) is 5.09. The van der Waals surface area contributed by atoms with E-state index >= 15 is 0 Å². The lowest BCUT2D eigenvalue weighted by molar-refractivity contribution is 0.708. The molecule has 18 heavy (non-hydrogen) atoms. The zero-order valence-electron chi connectivity index (χ0n) is 10.6.